The molecule has 1 aliphatic heterocycles. The second-order valence-electron chi connectivity index (χ2n) is 16.6. The zero-order valence-electron chi connectivity index (χ0n) is 37.5. The number of aliphatic carboxylic acids is 3. The number of anilines is 3. The molecule has 1 aliphatic rings. The molecule has 3 N–H and O–H groups in total. The second-order valence-corrected chi connectivity index (χ2v) is 19.8. The summed E-state index contributed by atoms with van der Waals surface area (Å²) in [4.78, 5) is 57.1. The highest BCUT2D eigenvalue weighted by atomic mass is 32.1. The number of carbonyl (C=O) groups is 3. The summed E-state index contributed by atoms with van der Waals surface area (Å²) >= 11 is 4.65. The summed E-state index contributed by atoms with van der Waals surface area (Å²) < 4.78 is 7.63. The number of fused-ring (bicyclic) bond motifs is 2. The van der Waals surface area contributed by atoms with E-state index in [4.69, 9.17) is 4.74 Å². The molecule has 8 rings (SSSR count). The van der Waals surface area contributed by atoms with Gasteiger partial charge in [0.1, 0.15) is 35.7 Å². The molecule has 0 unspecified atom stereocenters. The number of hydrogen-bond donors (Lipinski definition) is 3. The molecule has 7 aromatic rings. The highest BCUT2D eigenvalue weighted by Gasteiger charge is 2.24. The lowest BCUT2D eigenvalue weighted by Crippen LogP contribution is -2.37. The monoisotopic (exact) mass is 966 g/mol. The number of thiophene rings is 3. The number of benzene rings is 3. The fraction of sp³-hybridized carbons (Fsp3) is 0.264. The molecular weight excluding hydrogens is 917 g/mol. The number of ether oxygens (including phenoxy) is 1. The van der Waals surface area contributed by atoms with Gasteiger partial charge in [-0.25, -0.2) is 4.79 Å². The van der Waals surface area contributed by atoms with Crippen LogP contribution in [0.3, 0.4) is 0 Å². The van der Waals surface area contributed by atoms with Crippen molar-refractivity contribution in [3.8, 4) is 41.8 Å². The van der Waals surface area contributed by atoms with E-state index < -0.39 is 47.6 Å². The number of hydrogen-bond acceptors (Lipinski definition) is 10. The van der Waals surface area contributed by atoms with Crippen LogP contribution in [-0.2, 0) is 40.3 Å². The average molecular weight is 967 g/mol. The van der Waals surface area contributed by atoms with Gasteiger partial charge in [-0.15, -0.1) is 34.0 Å². The number of nitriles is 1. The largest absolute Gasteiger partial charge is 0.494 e. The highest BCUT2D eigenvalue weighted by molar-refractivity contribution is 7.27. The van der Waals surface area contributed by atoms with E-state index in [0.29, 0.717) is 9.44 Å². The first kappa shape index (κ1) is 47.5. The lowest BCUT2D eigenvalue weighted by molar-refractivity contribution is -0.138. The summed E-state index contributed by atoms with van der Waals surface area (Å²) in [7, 11) is 0. The minimum absolute atomic E-state index is 0.261. The van der Waals surface area contributed by atoms with Crippen LogP contribution in [0.5, 0.6) is 5.75 Å². The smallest absolute Gasteiger partial charge is 0.350 e. The predicted octanol–water partition coefficient (Wildman–Crippen LogP) is 10.7. The van der Waals surface area contributed by atoms with Crippen molar-refractivity contribution in [2.24, 2.45) is 0 Å². The number of imidazole rings is 1. The van der Waals surface area contributed by atoms with Crippen LogP contribution < -0.4 is 26.0 Å². The lowest BCUT2D eigenvalue weighted by Gasteiger charge is -2.27. The molecule has 0 saturated heterocycles. The maximum atomic E-state index is 13.5. The Morgan fingerprint density at radius 3 is 1.94 bits per heavy atom. The van der Waals surface area contributed by atoms with Crippen LogP contribution >= 0.6 is 34.0 Å². The summed E-state index contributed by atoms with van der Waals surface area (Å²) in [5.41, 5.74) is 4.64. The van der Waals surface area contributed by atoms with E-state index in [1.54, 1.807) is 28.7 Å². The van der Waals surface area contributed by atoms with Crippen LogP contribution in [0.15, 0.2) is 108 Å². The Morgan fingerprint density at radius 1 is 0.676 bits per heavy atom. The van der Waals surface area contributed by atoms with Crippen molar-refractivity contribution in [2.45, 2.75) is 84.2 Å². The van der Waals surface area contributed by atoms with E-state index in [1.165, 1.54) is 85.2 Å². The van der Waals surface area contributed by atoms with Crippen LogP contribution in [0.25, 0.3) is 41.6 Å². The Hall–Kier alpha value is -6.99. The van der Waals surface area contributed by atoms with E-state index in [2.05, 4.69) is 96.8 Å². The van der Waals surface area contributed by atoms with Crippen molar-refractivity contribution in [2.75, 3.05) is 11.5 Å². The van der Waals surface area contributed by atoms with Crippen molar-refractivity contribution in [3.05, 3.63) is 140 Å². The molecule has 348 valence electrons. The lowest BCUT2D eigenvalue weighted by atomic mass is 10.0. The average Bonchev–Trinajstić information content (AvgIpc) is 4.14. The quantitative estimate of drug-likeness (QED) is 0.0624. The van der Waals surface area contributed by atoms with Gasteiger partial charge in [0.2, 0.25) is 0 Å². The van der Waals surface area contributed by atoms with Gasteiger partial charge in [0.05, 0.1) is 6.61 Å². The van der Waals surface area contributed by atoms with E-state index in [0.717, 1.165) is 77.5 Å². The van der Waals surface area contributed by atoms with E-state index in [1.807, 2.05) is 12.1 Å². The number of carboxylic acid groups (broad SMARTS) is 3. The Balaban J connectivity index is 1.01. The van der Waals surface area contributed by atoms with Crippen molar-refractivity contribution in [1.82, 2.24) is 9.13 Å². The van der Waals surface area contributed by atoms with Crippen molar-refractivity contribution < 1.29 is 34.4 Å². The molecule has 0 atom stereocenters. The van der Waals surface area contributed by atoms with Crippen LogP contribution in [-0.4, -0.2) is 49.0 Å². The van der Waals surface area contributed by atoms with Crippen molar-refractivity contribution in [3.63, 3.8) is 0 Å². The topological polar surface area (TPSA) is 175 Å². The number of unbranched alkanes of at least 4 members (excludes halogenated alkanes) is 7. The molecule has 5 heterocycles. The van der Waals surface area contributed by atoms with Gasteiger partial charge in [-0.3, -0.25) is 19.0 Å². The van der Waals surface area contributed by atoms with Gasteiger partial charge in [-0.05, 0) is 121 Å². The van der Waals surface area contributed by atoms with Gasteiger partial charge in [0.25, 0.3) is 5.56 Å². The van der Waals surface area contributed by atoms with E-state index >= 15 is 0 Å². The molecule has 0 spiro atoms. The Bertz CT molecular complexity index is 3200. The summed E-state index contributed by atoms with van der Waals surface area (Å²) in [5.74, 6) is -3.72. The number of aromatic nitrogens is 2. The maximum absolute atomic E-state index is 13.5. The molecule has 68 heavy (non-hydrogen) atoms. The van der Waals surface area contributed by atoms with Crippen LogP contribution in [0.4, 0.5) is 17.1 Å². The van der Waals surface area contributed by atoms with Crippen LogP contribution in [0.2, 0.25) is 0 Å². The first-order chi connectivity index (χ1) is 33.0. The van der Waals surface area contributed by atoms with Crippen molar-refractivity contribution in [1.29, 1.82) is 5.26 Å². The first-order valence-corrected chi connectivity index (χ1v) is 25.1. The number of aryl methyl sites for hydroxylation is 2. The molecule has 0 radical (unpaired) electrons. The summed E-state index contributed by atoms with van der Waals surface area (Å²) in [6, 6.07) is 37.3. The molecule has 3 aromatic carbocycles. The molecule has 4 aromatic heterocycles. The number of rotatable bonds is 20. The third kappa shape index (κ3) is 10.7. The zero-order chi connectivity index (χ0) is 47.7. The third-order valence-electron chi connectivity index (χ3n) is 11.9. The molecule has 15 heteroatoms. The number of nitrogens with zero attached hydrogens (tertiary/aromatic N) is 4. The first-order valence-electron chi connectivity index (χ1n) is 22.7. The summed E-state index contributed by atoms with van der Waals surface area (Å²) in [6.07, 6.45) is 13.3. The molecule has 0 saturated carbocycles. The van der Waals surface area contributed by atoms with Gasteiger partial charge in [-0.2, -0.15) is 5.26 Å². The molecular formula is C53H50N4O8S3. The summed E-state index contributed by atoms with van der Waals surface area (Å²) in [6.45, 7) is 1.13. The minimum Gasteiger partial charge on any atom is -0.494 e. The second kappa shape index (κ2) is 21.8. The molecule has 0 fully saturated rings. The van der Waals surface area contributed by atoms with E-state index in [-0.39, 0.29) is 5.35 Å². The van der Waals surface area contributed by atoms with Crippen LogP contribution in [0.1, 0.15) is 74.3 Å². The van der Waals surface area contributed by atoms with Gasteiger partial charge >= 0.3 is 17.9 Å². The van der Waals surface area contributed by atoms with E-state index in [9.17, 15) is 39.8 Å². The Morgan fingerprint density at radius 2 is 1.26 bits per heavy atom. The van der Waals surface area contributed by atoms with Gasteiger partial charge in [0, 0.05) is 46.3 Å². The van der Waals surface area contributed by atoms with Gasteiger partial charge < -0.3 is 29.5 Å². The number of para-hydroxylation sites is 1. The Labute approximate surface area is 405 Å². The SMILES string of the molecule is CCCCCCCCCCOc1ccc(N2c3ccccc3CCc3cc(-c4ccc(-c5ccc(-c6ccc(/C=c7\c(=O)n(CC(=O)O)/c(=C(/C#N)C(=O)O)n7CC(=O)O)s6)s5)s4)ccc32)cc1. The summed E-state index contributed by atoms with van der Waals surface area (Å²) in [5, 5.41) is 38.2. The zero-order valence-corrected chi connectivity index (χ0v) is 39.9. The normalized spacial score (nSPS) is 12.8. The fourth-order valence-corrected chi connectivity index (χ4v) is 11.7. The standard InChI is InChI=1S/C53H50N4O8S3/c1-2-3-4-5-6-7-8-11-28-65-38-19-17-37(18-20-38)57-41-13-10-9-12-34(41)14-15-35-29-36(16-22-42(35)57)44-24-25-47(67-44)48-27-26-46(68-48)45-23-21-39(66-45)30-43-52(62)56(33-50(60)61)51(40(31-54)53(63)64)55(43)32-49(58)59/h9-10,12-13,16-27,29-30H,2-8,11,14-15,28,32-33H2,1H3,(H,58,59)(H,60,61)(H,63,64)/b43-30+,51-40-. The third-order valence-corrected chi connectivity index (χ3v) is 15.5. The molecule has 0 bridgehead atoms. The van der Waals surface area contributed by atoms with Crippen LogP contribution in [0, 0.1) is 11.3 Å². The Kier molecular flexibility index (Phi) is 15.2. The highest BCUT2D eigenvalue weighted by Crippen LogP contribution is 2.45. The predicted molar refractivity (Wildman–Crippen MR) is 270 cm³/mol. The molecule has 12 nitrogen and oxygen atoms in total. The van der Waals surface area contributed by atoms with Gasteiger partial charge in [-0.1, -0.05) is 76.1 Å². The maximum Gasteiger partial charge on any atom is 0.350 e. The number of carboxylic acids is 3. The van der Waals surface area contributed by atoms with Crippen molar-refractivity contribution >= 4 is 80.6 Å². The van der Waals surface area contributed by atoms with Gasteiger partial charge in [0.15, 0.2) is 5.57 Å². The minimum atomic E-state index is -1.73. The fourth-order valence-electron chi connectivity index (χ4n) is 8.61. The molecule has 0 aliphatic carbocycles. The molecule has 0 amide bonds.